The van der Waals surface area contributed by atoms with E-state index in [-0.39, 0.29) is 11.7 Å². The van der Waals surface area contributed by atoms with Gasteiger partial charge in [-0.1, -0.05) is 45.7 Å². The van der Waals surface area contributed by atoms with Crippen molar-refractivity contribution in [2.24, 2.45) is 5.10 Å². The Bertz CT molecular complexity index is 1160. The number of halogens is 2. The predicted octanol–water partition coefficient (Wildman–Crippen LogP) is 5.55. The Balaban J connectivity index is 2.16. The van der Waals surface area contributed by atoms with Gasteiger partial charge in [-0.05, 0) is 43.7 Å². The highest BCUT2D eigenvalue weighted by Crippen LogP contribution is 2.35. The molecule has 0 saturated carbocycles. The molecule has 2 aromatic carbocycles. The van der Waals surface area contributed by atoms with Gasteiger partial charge in [-0.25, -0.2) is 4.98 Å². The van der Waals surface area contributed by atoms with Crippen molar-refractivity contribution in [2.75, 3.05) is 7.11 Å². The summed E-state index contributed by atoms with van der Waals surface area (Å²) in [7, 11) is 1.59. The molecule has 0 aliphatic rings. The first kappa shape index (κ1) is 22.5. The standard InChI is InChI=1S/C22H23Br2N3O3/c1-5-13(3)30-21-14(9-16(24)11-19(21)29-4)12-25-27-20(6-2)26-18-8-7-15(23)10-17(18)22(27)28/h7-13H,5-6H2,1-4H3/t13-/m0/s1. The molecule has 0 amide bonds. The van der Waals surface area contributed by atoms with Crippen molar-refractivity contribution in [3.63, 3.8) is 0 Å². The second-order valence-corrected chi connectivity index (χ2v) is 8.60. The van der Waals surface area contributed by atoms with Gasteiger partial charge in [0.25, 0.3) is 5.56 Å². The van der Waals surface area contributed by atoms with Crippen LogP contribution >= 0.6 is 31.9 Å². The minimum Gasteiger partial charge on any atom is -0.493 e. The Morgan fingerprint density at radius 2 is 1.97 bits per heavy atom. The van der Waals surface area contributed by atoms with Gasteiger partial charge in [0.2, 0.25) is 0 Å². The van der Waals surface area contributed by atoms with Crippen molar-refractivity contribution in [3.05, 3.63) is 61.0 Å². The Morgan fingerprint density at radius 3 is 2.63 bits per heavy atom. The lowest BCUT2D eigenvalue weighted by atomic mass is 10.2. The van der Waals surface area contributed by atoms with Gasteiger partial charge in [0.1, 0.15) is 5.82 Å². The topological polar surface area (TPSA) is 65.7 Å². The lowest BCUT2D eigenvalue weighted by molar-refractivity contribution is 0.207. The molecule has 0 unspecified atom stereocenters. The molecule has 0 bridgehead atoms. The van der Waals surface area contributed by atoms with Crippen LogP contribution in [0.3, 0.4) is 0 Å². The molecule has 0 radical (unpaired) electrons. The Hall–Kier alpha value is -2.19. The van der Waals surface area contributed by atoms with Gasteiger partial charge in [-0.2, -0.15) is 9.78 Å². The second-order valence-electron chi connectivity index (χ2n) is 6.77. The SMILES string of the molecule is CCc1nc2ccc(Br)cc2c(=O)n1N=Cc1cc(Br)cc(OC)c1O[C@@H](C)CC. The maximum Gasteiger partial charge on any atom is 0.282 e. The van der Waals surface area contributed by atoms with Crippen LogP contribution in [0.5, 0.6) is 11.5 Å². The number of rotatable bonds is 7. The van der Waals surface area contributed by atoms with E-state index in [4.69, 9.17) is 9.47 Å². The predicted molar refractivity (Wildman–Crippen MR) is 127 cm³/mol. The van der Waals surface area contributed by atoms with E-state index in [2.05, 4.69) is 48.9 Å². The third kappa shape index (κ3) is 4.75. The smallest absolute Gasteiger partial charge is 0.282 e. The number of aryl methyl sites for hydroxylation is 1. The zero-order valence-corrected chi connectivity index (χ0v) is 20.4. The molecular formula is C22H23Br2N3O3. The molecule has 0 spiro atoms. The molecule has 1 atom stereocenters. The Labute approximate surface area is 192 Å². The van der Waals surface area contributed by atoms with Crippen molar-refractivity contribution < 1.29 is 9.47 Å². The third-order valence-electron chi connectivity index (χ3n) is 4.67. The number of fused-ring (bicyclic) bond motifs is 1. The summed E-state index contributed by atoms with van der Waals surface area (Å²) in [5.41, 5.74) is 1.13. The molecule has 1 aromatic heterocycles. The minimum atomic E-state index is -0.222. The molecule has 1 heterocycles. The first-order valence-corrected chi connectivity index (χ1v) is 11.3. The molecule has 0 aliphatic carbocycles. The molecular weight excluding hydrogens is 514 g/mol. The van der Waals surface area contributed by atoms with E-state index in [9.17, 15) is 4.79 Å². The molecule has 3 rings (SSSR count). The largest absolute Gasteiger partial charge is 0.493 e. The van der Waals surface area contributed by atoms with Gasteiger partial charge in [-0.15, -0.1) is 0 Å². The van der Waals surface area contributed by atoms with Gasteiger partial charge in [-0.3, -0.25) is 4.79 Å². The number of nitrogens with zero attached hydrogens (tertiary/aromatic N) is 3. The highest BCUT2D eigenvalue weighted by molar-refractivity contribution is 9.10. The number of ether oxygens (including phenoxy) is 2. The average molecular weight is 537 g/mol. The fourth-order valence-corrected chi connectivity index (χ4v) is 3.73. The first-order chi connectivity index (χ1) is 14.4. The van der Waals surface area contributed by atoms with Crippen LogP contribution in [0.15, 0.2) is 49.2 Å². The maximum atomic E-state index is 13.1. The molecule has 0 aliphatic heterocycles. The zero-order valence-electron chi connectivity index (χ0n) is 17.3. The quantitative estimate of drug-likeness (QED) is 0.371. The summed E-state index contributed by atoms with van der Waals surface area (Å²) in [5, 5.41) is 4.98. The van der Waals surface area contributed by atoms with E-state index in [1.54, 1.807) is 19.4 Å². The van der Waals surface area contributed by atoms with E-state index in [1.165, 1.54) is 4.68 Å². The van der Waals surface area contributed by atoms with Gasteiger partial charge in [0, 0.05) is 20.9 Å². The van der Waals surface area contributed by atoms with E-state index in [0.29, 0.717) is 40.2 Å². The number of benzene rings is 2. The molecule has 0 saturated heterocycles. The van der Waals surface area contributed by atoms with Gasteiger partial charge in [0.15, 0.2) is 11.5 Å². The molecule has 8 heteroatoms. The fraction of sp³-hybridized carbons (Fsp3) is 0.318. The zero-order chi connectivity index (χ0) is 21.8. The average Bonchev–Trinajstić information content (AvgIpc) is 2.74. The van der Waals surface area contributed by atoms with E-state index in [1.807, 2.05) is 38.1 Å². The number of methoxy groups -OCH3 is 1. The normalized spacial score (nSPS) is 12.5. The molecule has 30 heavy (non-hydrogen) atoms. The molecule has 0 fully saturated rings. The van der Waals surface area contributed by atoms with Crippen LogP contribution in [-0.4, -0.2) is 29.1 Å². The van der Waals surface area contributed by atoms with Crippen molar-refractivity contribution in [3.8, 4) is 11.5 Å². The number of hydrogen-bond donors (Lipinski definition) is 0. The maximum absolute atomic E-state index is 13.1. The van der Waals surface area contributed by atoms with Crippen molar-refractivity contribution in [1.29, 1.82) is 0 Å². The Kier molecular flexibility index (Phi) is 7.31. The highest BCUT2D eigenvalue weighted by Gasteiger charge is 2.15. The van der Waals surface area contributed by atoms with Crippen LogP contribution in [0.2, 0.25) is 0 Å². The fourth-order valence-electron chi connectivity index (χ4n) is 2.91. The summed E-state index contributed by atoms with van der Waals surface area (Å²) in [5.74, 6) is 1.76. The molecule has 158 valence electrons. The van der Waals surface area contributed by atoms with Gasteiger partial charge >= 0.3 is 0 Å². The van der Waals surface area contributed by atoms with E-state index >= 15 is 0 Å². The van der Waals surface area contributed by atoms with Crippen LogP contribution in [0.25, 0.3) is 10.9 Å². The molecule has 6 nitrogen and oxygen atoms in total. The third-order valence-corrected chi connectivity index (χ3v) is 5.62. The Morgan fingerprint density at radius 1 is 1.20 bits per heavy atom. The van der Waals surface area contributed by atoms with Crippen LogP contribution in [0.1, 0.15) is 38.6 Å². The number of aromatic nitrogens is 2. The van der Waals surface area contributed by atoms with Crippen LogP contribution in [0.4, 0.5) is 0 Å². The van der Waals surface area contributed by atoms with E-state index < -0.39 is 0 Å². The van der Waals surface area contributed by atoms with Crippen molar-refractivity contribution >= 4 is 49.0 Å². The lowest BCUT2D eigenvalue weighted by Gasteiger charge is -2.18. The minimum absolute atomic E-state index is 0.000775. The molecule has 3 aromatic rings. The van der Waals surface area contributed by atoms with Crippen molar-refractivity contribution in [1.82, 2.24) is 9.66 Å². The second kappa shape index (κ2) is 9.75. The lowest BCUT2D eigenvalue weighted by Crippen LogP contribution is -2.22. The van der Waals surface area contributed by atoms with Crippen molar-refractivity contribution in [2.45, 2.75) is 39.7 Å². The monoisotopic (exact) mass is 535 g/mol. The summed E-state index contributed by atoms with van der Waals surface area (Å²) in [4.78, 5) is 17.7. The van der Waals surface area contributed by atoms with E-state index in [0.717, 1.165) is 15.4 Å². The van der Waals surface area contributed by atoms with Gasteiger partial charge < -0.3 is 9.47 Å². The summed E-state index contributed by atoms with van der Waals surface area (Å²) in [6.07, 6.45) is 3.02. The summed E-state index contributed by atoms with van der Waals surface area (Å²) in [6.45, 7) is 5.99. The highest BCUT2D eigenvalue weighted by atomic mass is 79.9. The summed E-state index contributed by atoms with van der Waals surface area (Å²) >= 11 is 6.91. The number of hydrogen-bond acceptors (Lipinski definition) is 5. The van der Waals surface area contributed by atoms with Gasteiger partial charge in [0.05, 0.1) is 30.3 Å². The van der Waals surface area contributed by atoms with Crippen LogP contribution in [-0.2, 0) is 6.42 Å². The van der Waals surface area contributed by atoms with Crippen LogP contribution < -0.4 is 15.0 Å². The van der Waals surface area contributed by atoms with Crippen LogP contribution in [0, 0.1) is 0 Å². The molecule has 0 N–H and O–H groups in total. The summed E-state index contributed by atoms with van der Waals surface area (Å²) in [6, 6.07) is 9.17. The first-order valence-electron chi connectivity index (χ1n) is 9.67. The summed E-state index contributed by atoms with van der Waals surface area (Å²) < 4.78 is 14.6.